The van der Waals surface area contributed by atoms with E-state index < -0.39 is 0 Å². The number of oxime groups is 1. The zero-order chi connectivity index (χ0) is 14.5. The highest BCUT2D eigenvalue weighted by Gasteiger charge is 2.23. The molecule has 0 aliphatic rings. The molecule has 4 N–H and O–H groups in total. The first kappa shape index (κ1) is 16.0. The van der Waals surface area contributed by atoms with Gasteiger partial charge in [0, 0.05) is 15.9 Å². The van der Waals surface area contributed by atoms with E-state index in [4.69, 9.17) is 10.9 Å². The Morgan fingerprint density at radius 3 is 2.53 bits per heavy atom. The lowest BCUT2D eigenvalue weighted by Gasteiger charge is -2.24. The molecule has 0 saturated heterocycles. The minimum Gasteiger partial charge on any atom is -0.409 e. The molecule has 0 fully saturated rings. The van der Waals surface area contributed by atoms with Gasteiger partial charge in [-0.25, -0.2) is 0 Å². The molecule has 0 radical (unpaired) electrons. The van der Waals surface area contributed by atoms with Gasteiger partial charge in [0.05, 0.1) is 0 Å². The van der Waals surface area contributed by atoms with Crippen LogP contribution < -0.4 is 11.1 Å². The van der Waals surface area contributed by atoms with Crippen molar-refractivity contribution in [1.29, 1.82) is 0 Å². The predicted octanol–water partition coefficient (Wildman–Crippen LogP) is 3.26. The average Bonchev–Trinajstić information content (AvgIpc) is 2.38. The number of amidine groups is 1. The van der Waals surface area contributed by atoms with Gasteiger partial charge in [-0.1, -0.05) is 47.1 Å². The molecule has 4 nitrogen and oxygen atoms in total. The highest BCUT2D eigenvalue weighted by Crippen LogP contribution is 2.21. The number of nitrogens with zero attached hydrogens (tertiary/aromatic N) is 1. The van der Waals surface area contributed by atoms with Crippen molar-refractivity contribution in [3.8, 4) is 0 Å². The summed E-state index contributed by atoms with van der Waals surface area (Å²) < 4.78 is 1.08. The molecule has 5 heteroatoms. The van der Waals surface area contributed by atoms with Gasteiger partial charge in [-0.05, 0) is 37.6 Å². The fourth-order valence-corrected chi connectivity index (χ4v) is 2.00. The molecular formula is C14H22BrN3O. The van der Waals surface area contributed by atoms with E-state index in [2.05, 4.69) is 45.5 Å². The molecule has 106 valence electrons. The first-order valence-electron chi connectivity index (χ1n) is 6.33. The van der Waals surface area contributed by atoms with Crippen molar-refractivity contribution in [2.75, 3.05) is 6.54 Å². The number of benzene rings is 1. The van der Waals surface area contributed by atoms with Crippen LogP contribution in [0.15, 0.2) is 33.9 Å². The van der Waals surface area contributed by atoms with Gasteiger partial charge in [-0.15, -0.1) is 0 Å². The molecule has 0 heterocycles. The van der Waals surface area contributed by atoms with Crippen molar-refractivity contribution < 1.29 is 5.21 Å². The van der Waals surface area contributed by atoms with Gasteiger partial charge in [-0.3, -0.25) is 0 Å². The van der Waals surface area contributed by atoms with Crippen molar-refractivity contribution in [3.63, 3.8) is 0 Å². The van der Waals surface area contributed by atoms with E-state index in [9.17, 15) is 0 Å². The Labute approximate surface area is 123 Å². The molecule has 0 bridgehead atoms. The Morgan fingerprint density at radius 1 is 1.42 bits per heavy atom. The van der Waals surface area contributed by atoms with Crippen LogP contribution in [0.25, 0.3) is 0 Å². The molecule has 0 aromatic heterocycles. The smallest absolute Gasteiger partial charge is 0.144 e. The fourth-order valence-electron chi connectivity index (χ4n) is 1.73. The SMILES string of the molecule is C[C@@H](NCCC(C)(C)/C(N)=N/O)c1ccc(Br)cc1. The van der Waals surface area contributed by atoms with Crippen LogP contribution in [-0.2, 0) is 0 Å². The molecule has 0 amide bonds. The van der Waals surface area contributed by atoms with E-state index in [0.29, 0.717) is 0 Å². The summed E-state index contributed by atoms with van der Waals surface area (Å²) in [4.78, 5) is 0. The van der Waals surface area contributed by atoms with Crippen molar-refractivity contribution in [3.05, 3.63) is 34.3 Å². The van der Waals surface area contributed by atoms with Crippen LogP contribution >= 0.6 is 15.9 Å². The summed E-state index contributed by atoms with van der Waals surface area (Å²) in [5, 5.41) is 15.3. The lowest BCUT2D eigenvalue weighted by Crippen LogP contribution is -2.35. The summed E-state index contributed by atoms with van der Waals surface area (Å²) in [6.45, 7) is 6.86. The molecule has 0 unspecified atom stereocenters. The number of hydrogen-bond acceptors (Lipinski definition) is 3. The van der Waals surface area contributed by atoms with Gasteiger partial charge in [0.25, 0.3) is 0 Å². The average molecular weight is 328 g/mol. The van der Waals surface area contributed by atoms with E-state index in [1.165, 1.54) is 5.56 Å². The van der Waals surface area contributed by atoms with Crippen LogP contribution in [0.1, 0.15) is 38.8 Å². The van der Waals surface area contributed by atoms with E-state index in [1.807, 2.05) is 26.0 Å². The van der Waals surface area contributed by atoms with Gasteiger partial charge < -0.3 is 16.3 Å². The van der Waals surface area contributed by atoms with Gasteiger partial charge in [0.15, 0.2) is 0 Å². The molecule has 19 heavy (non-hydrogen) atoms. The second-order valence-electron chi connectivity index (χ2n) is 5.35. The zero-order valence-corrected chi connectivity index (χ0v) is 13.2. The van der Waals surface area contributed by atoms with Gasteiger partial charge in [-0.2, -0.15) is 0 Å². The van der Waals surface area contributed by atoms with Crippen LogP contribution in [-0.4, -0.2) is 17.6 Å². The summed E-state index contributed by atoms with van der Waals surface area (Å²) in [6, 6.07) is 8.53. The molecule has 1 atom stereocenters. The molecule has 1 aromatic carbocycles. The van der Waals surface area contributed by atoms with E-state index >= 15 is 0 Å². The molecular weight excluding hydrogens is 306 g/mol. The number of nitrogens with two attached hydrogens (primary N) is 1. The third kappa shape index (κ3) is 4.84. The Hall–Kier alpha value is -1.07. The lowest BCUT2D eigenvalue weighted by atomic mass is 9.88. The van der Waals surface area contributed by atoms with E-state index in [0.717, 1.165) is 17.4 Å². The lowest BCUT2D eigenvalue weighted by molar-refractivity contribution is 0.304. The summed E-state index contributed by atoms with van der Waals surface area (Å²) in [5.74, 6) is 0.269. The third-order valence-corrected chi connectivity index (χ3v) is 3.90. The van der Waals surface area contributed by atoms with Crippen molar-refractivity contribution >= 4 is 21.8 Å². The molecule has 0 aliphatic carbocycles. The zero-order valence-electron chi connectivity index (χ0n) is 11.7. The normalized spacial score (nSPS) is 14.4. The van der Waals surface area contributed by atoms with E-state index in [1.54, 1.807) is 0 Å². The maximum atomic E-state index is 8.72. The van der Waals surface area contributed by atoms with Crippen LogP contribution in [0.2, 0.25) is 0 Å². The number of nitrogens with one attached hydrogen (secondary N) is 1. The summed E-state index contributed by atoms with van der Waals surface area (Å²) in [6.07, 6.45) is 0.809. The van der Waals surface area contributed by atoms with Crippen LogP contribution in [0.3, 0.4) is 0 Å². The van der Waals surface area contributed by atoms with Crippen LogP contribution in [0.4, 0.5) is 0 Å². The van der Waals surface area contributed by atoms with Crippen molar-refractivity contribution in [2.24, 2.45) is 16.3 Å². The maximum Gasteiger partial charge on any atom is 0.144 e. The minimum absolute atomic E-state index is 0.269. The molecule has 0 spiro atoms. The van der Waals surface area contributed by atoms with Gasteiger partial charge in [0.1, 0.15) is 5.84 Å². The Kier molecular flexibility index (Phi) is 5.82. The van der Waals surface area contributed by atoms with Gasteiger partial charge >= 0.3 is 0 Å². The molecule has 0 aliphatic heterocycles. The molecule has 1 rings (SSSR count). The first-order chi connectivity index (χ1) is 8.86. The highest BCUT2D eigenvalue weighted by atomic mass is 79.9. The highest BCUT2D eigenvalue weighted by molar-refractivity contribution is 9.10. The van der Waals surface area contributed by atoms with Crippen molar-refractivity contribution in [1.82, 2.24) is 5.32 Å². The Bertz CT molecular complexity index is 429. The number of halogens is 1. The monoisotopic (exact) mass is 327 g/mol. The topological polar surface area (TPSA) is 70.6 Å². The third-order valence-electron chi connectivity index (χ3n) is 3.37. The van der Waals surface area contributed by atoms with E-state index in [-0.39, 0.29) is 17.3 Å². The summed E-state index contributed by atoms with van der Waals surface area (Å²) >= 11 is 3.43. The predicted molar refractivity (Wildman–Crippen MR) is 82.4 cm³/mol. The number of hydrogen-bond donors (Lipinski definition) is 3. The maximum absolute atomic E-state index is 8.72. The van der Waals surface area contributed by atoms with Gasteiger partial charge in [0.2, 0.25) is 0 Å². The molecule has 0 saturated carbocycles. The van der Waals surface area contributed by atoms with Crippen LogP contribution in [0, 0.1) is 5.41 Å². The first-order valence-corrected chi connectivity index (χ1v) is 7.13. The molecule has 1 aromatic rings. The second-order valence-corrected chi connectivity index (χ2v) is 6.26. The second kappa shape index (κ2) is 6.91. The quantitative estimate of drug-likeness (QED) is 0.325. The standard InChI is InChI=1S/C14H22BrN3O/c1-10(11-4-6-12(15)7-5-11)17-9-8-14(2,3)13(16)18-19/h4-7,10,17,19H,8-9H2,1-3H3,(H2,16,18)/t10-/m1/s1. The van der Waals surface area contributed by atoms with Crippen LogP contribution in [0.5, 0.6) is 0 Å². The summed E-state index contributed by atoms with van der Waals surface area (Å²) in [5.41, 5.74) is 6.60. The largest absolute Gasteiger partial charge is 0.409 e. The minimum atomic E-state index is -0.304. The Balaban J connectivity index is 2.47. The number of rotatable bonds is 6. The van der Waals surface area contributed by atoms with Crippen molar-refractivity contribution in [2.45, 2.75) is 33.2 Å². The Morgan fingerprint density at radius 2 is 2.00 bits per heavy atom. The fraction of sp³-hybridized carbons (Fsp3) is 0.500. The summed E-state index contributed by atoms with van der Waals surface area (Å²) in [7, 11) is 0.